The van der Waals surface area contributed by atoms with E-state index in [1.54, 1.807) is 24.3 Å². The Hall–Kier alpha value is -3.22. The van der Waals surface area contributed by atoms with Gasteiger partial charge in [0.25, 0.3) is 11.8 Å². The molecule has 3 aromatic rings. The van der Waals surface area contributed by atoms with Gasteiger partial charge in [-0.15, -0.1) is 0 Å². The van der Waals surface area contributed by atoms with Crippen LogP contribution in [0.1, 0.15) is 35.4 Å². The van der Waals surface area contributed by atoms with Gasteiger partial charge in [0, 0.05) is 11.6 Å². The van der Waals surface area contributed by atoms with Crippen molar-refractivity contribution >= 4 is 5.91 Å². The molecule has 0 aliphatic heterocycles. The van der Waals surface area contributed by atoms with Crippen LogP contribution in [0.4, 0.5) is 0 Å². The average Bonchev–Trinajstić information content (AvgIpc) is 3.09. The lowest BCUT2D eigenvalue weighted by atomic mass is 9.76. The Labute approximate surface area is 143 Å². The molecular formula is C18H16N4O3. The van der Waals surface area contributed by atoms with Crippen molar-refractivity contribution in [1.29, 1.82) is 0 Å². The van der Waals surface area contributed by atoms with Gasteiger partial charge in [-0.25, -0.2) is 0 Å². The lowest BCUT2D eigenvalue weighted by molar-refractivity contribution is 0.0805. The predicted octanol–water partition coefficient (Wildman–Crippen LogP) is 2.23. The first-order valence-electron chi connectivity index (χ1n) is 8.08. The summed E-state index contributed by atoms with van der Waals surface area (Å²) in [7, 11) is 0. The van der Waals surface area contributed by atoms with Crippen LogP contribution in [0.5, 0.6) is 0 Å². The summed E-state index contributed by atoms with van der Waals surface area (Å²) in [5.41, 5.74) is 0.178. The number of rotatable bonds is 4. The van der Waals surface area contributed by atoms with Gasteiger partial charge < -0.3 is 14.8 Å². The minimum Gasteiger partial charge on any atom is -0.339 e. The fourth-order valence-corrected chi connectivity index (χ4v) is 2.91. The number of nitrogens with zero attached hydrogens (tertiary/aromatic N) is 2. The molecule has 0 saturated heterocycles. The van der Waals surface area contributed by atoms with Crippen molar-refractivity contribution < 1.29 is 9.32 Å². The molecule has 0 radical (unpaired) electrons. The highest BCUT2D eigenvalue weighted by atomic mass is 16.5. The third-order valence-corrected chi connectivity index (χ3v) is 4.45. The lowest BCUT2D eigenvalue weighted by Crippen LogP contribution is -2.51. The van der Waals surface area contributed by atoms with Crippen molar-refractivity contribution in [3.05, 3.63) is 70.3 Å². The summed E-state index contributed by atoms with van der Waals surface area (Å²) in [6, 6.07) is 13.7. The quantitative estimate of drug-likeness (QED) is 0.761. The number of H-pyrrole nitrogens is 1. The highest BCUT2D eigenvalue weighted by molar-refractivity contribution is 5.94. The van der Waals surface area contributed by atoms with Gasteiger partial charge in [-0.1, -0.05) is 29.4 Å². The van der Waals surface area contributed by atoms with Gasteiger partial charge in [0.1, 0.15) is 11.2 Å². The number of nitrogens with one attached hydrogen (secondary N) is 2. The number of hydrogen-bond donors (Lipinski definition) is 2. The first kappa shape index (κ1) is 15.3. The van der Waals surface area contributed by atoms with E-state index in [4.69, 9.17) is 4.52 Å². The molecule has 1 aliphatic rings. The molecule has 0 spiro atoms. The van der Waals surface area contributed by atoms with Gasteiger partial charge in [0.05, 0.1) is 0 Å². The Bertz CT molecular complexity index is 957. The average molecular weight is 336 g/mol. The Morgan fingerprint density at radius 3 is 2.60 bits per heavy atom. The second kappa shape index (κ2) is 6.01. The number of carbonyl (C=O) groups excluding carboxylic acids is 1. The second-order valence-corrected chi connectivity index (χ2v) is 6.11. The minimum atomic E-state index is -0.621. The van der Waals surface area contributed by atoms with E-state index in [-0.39, 0.29) is 17.4 Å². The van der Waals surface area contributed by atoms with Crippen LogP contribution in [-0.2, 0) is 5.54 Å². The number of benzene rings is 1. The number of hydrogen-bond acceptors (Lipinski definition) is 5. The van der Waals surface area contributed by atoms with Gasteiger partial charge in [0.2, 0.25) is 5.56 Å². The summed E-state index contributed by atoms with van der Waals surface area (Å²) in [6.45, 7) is 0. The van der Waals surface area contributed by atoms with Crippen LogP contribution in [-0.4, -0.2) is 21.0 Å². The highest BCUT2D eigenvalue weighted by Crippen LogP contribution is 2.40. The number of carbonyl (C=O) groups is 1. The summed E-state index contributed by atoms with van der Waals surface area (Å²) in [5, 5.41) is 7.08. The SMILES string of the molecule is O=C(NC1(c2noc(-c3cccc(=O)[nH]3)n2)CCC1)c1ccccc1. The van der Waals surface area contributed by atoms with E-state index in [0.29, 0.717) is 17.1 Å². The van der Waals surface area contributed by atoms with E-state index in [0.717, 1.165) is 19.3 Å². The molecular weight excluding hydrogens is 320 g/mol. The minimum absolute atomic E-state index is 0.167. The van der Waals surface area contributed by atoms with Crippen molar-refractivity contribution in [3.8, 4) is 11.6 Å². The lowest BCUT2D eigenvalue weighted by Gasteiger charge is -2.39. The van der Waals surface area contributed by atoms with Crippen LogP contribution in [0.15, 0.2) is 57.8 Å². The van der Waals surface area contributed by atoms with Crippen molar-refractivity contribution in [2.75, 3.05) is 0 Å². The molecule has 2 N–H and O–H groups in total. The molecule has 1 aliphatic carbocycles. The van der Waals surface area contributed by atoms with E-state index >= 15 is 0 Å². The zero-order chi connectivity index (χ0) is 17.3. The molecule has 1 fully saturated rings. The van der Waals surface area contributed by atoms with Crippen LogP contribution < -0.4 is 10.9 Å². The summed E-state index contributed by atoms with van der Waals surface area (Å²) in [5.74, 6) is 0.496. The summed E-state index contributed by atoms with van der Waals surface area (Å²) >= 11 is 0. The monoisotopic (exact) mass is 336 g/mol. The Balaban J connectivity index is 1.61. The molecule has 4 rings (SSSR count). The smallest absolute Gasteiger partial charge is 0.274 e. The Morgan fingerprint density at radius 1 is 1.12 bits per heavy atom. The van der Waals surface area contributed by atoms with Crippen LogP contribution in [0.3, 0.4) is 0 Å². The first-order chi connectivity index (χ1) is 12.2. The summed E-state index contributed by atoms with van der Waals surface area (Å²) in [4.78, 5) is 31.0. The summed E-state index contributed by atoms with van der Waals surface area (Å²) < 4.78 is 5.29. The zero-order valence-electron chi connectivity index (χ0n) is 13.4. The molecule has 7 nitrogen and oxygen atoms in total. The molecule has 1 amide bonds. The van der Waals surface area contributed by atoms with Gasteiger partial charge in [-0.05, 0) is 37.5 Å². The maximum Gasteiger partial charge on any atom is 0.274 e. The predicted molar refractivity (Wildman–Crippen MR) is 89.8 cm³/mol. The summed E-state index contributed by atoms with van der Waals surface area (Å²) in [6.07, 6.45) is 2.47. The Kier molecular flexibility index (Phi) is 3.68. The molecule has 7 heteroatoms. The van der Waals surface area contributed by atoms with Crippen molar-refractivity contribution in [2.24, 2.45) is 0 Å². The maximum absolute atomic E-state index is 12.5. The van der Waals surface area contributed by atoms with Gasteiger partial charge >= 0.3 is 0 Å². The second-order valence-electron chi connectivity index (χ2n) is 6.11. The van der Waals surface area contributed by atoms with Crippen LogP contribution in [0.2, 0.25) is 0 Å². The number of aromatic amines is 1. The first-order valence-corrected chi connectivity index (χ1v) is 8.08. The molecule has 1 aromatic carbocycles. The molecule has 0 unspecified atom stereocenters. The van der Waals surface area contributed by atoms with Crippen molar-refractivity contribution in [1.82, 2.24) is 20.4 Å². The third kappa shape index (κ3) is 2.84. The van der Waals surface area contributed by atoms with Crippen LogP contribution in [0, 0.1) is 0 Å². The van der Waals surface area contributed by atoms with E-state index < -0.39 is 5.54 Å². The number of pyridine rings is 1. The van der Waals surface area contributed by atoms with Gasteiger partial charge in [0.15, 0.2) is 5.82 Å². The molecule has 2 aromatic heterocycles. The molecule has 126 valence electrons. The van der Waals surface area contributed by atoms with Crippen LogP contribution in [0.25, 0.3) is 11.6 Å². The molecule has 0 bridgehead atoms. The van der Waals surface area contributed by atoms with Crippen molar-refractivity contribution in [2.45, 2.75) is 24.8 Å². The normalized spacial score (nSPS) is 15.4. The molecule has 1 saturated carbocycles. The third-order valence-electron chi connectivity index (χ3n) is 4.45. The van der Waals surface area contributed by atoms with E-state index in [2.05, 4.69) is 20.4 Å². The topological polar surface area (TPSA) is 101 Å². The maximum atomic E-state index is 12.5. The number of aromatic nitrogens is 3. The van der Waals surface area contributed by atoms with E-state index in [9.17, 15) is 9.59 Å². The molecule has 25 heavy (non-hydrogen) atoms. The zero-order valence-corrected chi connectivity index (χ0v) is 13.4. The van der Waals surface area contributed by atoms with Crippen molar-refractivity contribution in [3.63, 3.8) is 0 Å². The largest absolute Gasteiger partial charge is 0.339 e. The van der Waals surface area contributed by atoms with Gasteiger partial charge in [-0.3, -0.25) is 9.59 Å². The van der Waals surface area contributed by atoms with E-state index in [1.165, 1.54) is 6.07 Å². The molecule has 0 atom stereocenters. The Morgan fingerprint density at radius 2 is 1.92 bits per heavy atom. The fraction of sp³-hybridized carbons (Fsp3) is 0.222. The standard InChI is InChI=1S/C18H16N4O3/c23-14-9-4-8-13(19-14)16-20-17(22-25-16)18(10-5-11-18)21-15(24)12-6-2-1-3-7-12/h1-4,6-9H,5,10-11H2,(H,19,23)(H,21,24). The highest BCUT2D eigenvalue weighted by Gasteiger charge is 2.44. The molecule has 2 heterocycles. The fourth-order valence-electron chi connectivity index (χ4n) is 2.91. The number of amides is 1. The van der Waals surface area contributed by atoms with E-state index in [1.807, 2.05) is 18.2 Å². The van der Waals surface area contributed by atoms with Crippen LogP contribution >= 0.6 is 0 Å². The van der Waals surface area contributed by atoms with Gasteiger partial charge in [-0.2, -0.15) is 4.98 Å².